The third-order valence-corrected chi connectivity index (χ3v) is 15.1. The van der Waals surface area contributed by atoms with Crippen molar-refractivity contribution in [3.8, 4) is 43.1 Å². The number of benzene rings is 8. The average Bonchev–Trinajstić information content (AvgIpc) is 4.02. The molecule has 0 atom stereocenters. The summed E-state index contributed by atoms with van der Waals surface area (Å²) in [5.74, 6) is 0. The highest BCUT2D eigenvalue weighted by molar-refractivity contribution is 7.19. The molecule has 0 radical (unpaired) electrons. The fourth-order valence-electron chi connectivity index (χ4n) is 10.9. The van der Waals surface area contributed by atoms with Crippen molar-refractivity contribution in [2.75, 3.05) is 9.80 Å². The van der Waals surface area contributed by atoms with Crippen molar-refractivity contribution in [1.29, 1.82) is 0 Å². The maximum atomic E-state index is 2.55. The quantitative estimate of drug-likeness (QED) is 0.158. The summed E-state index contributed by atoms with van der Waals surface area (Å²) in [6.45, 7) is 9.82. The Morgan fingerprint density at radius 3 is 1.48 bits per heavy atom. The summed E-state index contributed by atoms with van der Waals surface area (Å²) >= 11 is 2.00. The molecule has 8 aromatic carbocycles. The lowest BCUT2D eigenvalue weighted by Gasteiger charge is -2.32. The summed E-state index contributed by atoms with van der Waals surface area (Å²) in [4.78, 5) is 7.78. The van der Waals surface area contributed by atoms with Crippen LogP contribution in [0.4, 0.5) is 34.1 Å². The first-order valence-corrected chi connectivity index (χ1v) is 22.6. The molecular formula is C59H46N2S. The van der Waals surface area contributed by atoms with Crippen molar-refractivity contribution in [2.45, 2.75) is 44.9 Å². The first kappa shape index (κ1) is 36.9. The maximum absolute atomic E-state index is 2.55. The van der Waals surface area contributed by atoms with Gasteiger partial charge in [-0.15, -0.1) is 11.3 Å². The largest absolute Gasteiger partial charge is 0.310 e. The zero-order valence-electron chi connectivity index (χ0n) is 35.5. The molecule has 9 aromatic rings. The molecule has 0 bridgehead atoms. The van der Waals surface area contributed by atoms with Crippen LogP contribution in [0.25, 0.3) is 43.1 Å². The number of rotatable bonds is 7. The van der Waals surface area contributed by atoms with Crippen LogP contribution in [0.5, 0.6) is 0 Å². The van der Waals surface area contributed by atoms with Crippen LogP contribution in [-0.4, -0.2) is 0 Å². The molecule has 12 rings (SSSR count). The van der Waals surface area contributed by atoms with E-state index in [1.54, 1.807) is 0 Å². The fourth-order valence-corrected chi connectivity index (χ4v) is 12.6. The summed E-state index contributed by atoms with van der Waals surface area (Å²) in [5.41, 5.74) is 23.1. The van der Waals surface area contributed by atoms with Crippen molar-refractivity contribution >= 4 is 45.5 Å². The van der Waals surface area contributed by atoms with E-state index in [0.717, 1.165) is 17.8 Å². The van der Waals surface area contributed by atoms with E-state index in [-0.39, 0.29) is 10.8 Å². The standard InChI is InChI=1S/C59H46N2S/c1-58(2)50-36-42(60(40-22-10-6-11-23-40)41-24-12-7-13-25-41)31-33-47(50)56-54(58)55-57(62-56)48-34-32-43(37-51(48)59(55,3)4)61(52-29-17-16-27-45(52)38-19-8-5-9-20-38)53-30-18-28-46-44-26-15-14-21-39(44)35-49(46)53/h5-34,36-37H,35H2,1-4H3. The lowest BCUT2D eigenvalue weighted by Crippen LogP contribution is -2.23. The lowest BCUT2D eigenvalue weighted by molar-refractivity contribution is 0.603. The van der Waals surface area contributed by atoms with Gasteiger partial charge >= 0.3 is 0 Å². The molecule has 0 N–H and O–H groups in total. The topological polar surface area (TPSA) is 6.48 Å². The Labute approximate surface area is 369 Å². The number of nitrogens with zero attached hydrogens (tertiary/aromatic N) is 2. The second-order valence-corrected chi connectivity index (χ2v) is 19.1. The molecule has 3 aliphatic rings. The molecule has 1 aromatic heterocycles. The van der Waals surface area contributed by atoms with Crippen LogP contribution in [0.1, 0.15) is 61.1 Å². The minimum absolute atomic E-state index is 0.188. The number of thiophene rings is 1. The molecule has 62 heavy (non-hydrogen) atoms. The Morgan fingerprint density at radius 2 is 0.871 bits per heavy atom. The molecule has 298 valence electrons. The van der Waals surface area contributed by atoms with Crippen molar-refractivity contribution in [2.24, 2.45) is 0 Å². The van der Waals surface area contributed by atoms with Crippen molar-refractivity contribution in [1.82, 2.24) is 0 Å². The van der Waals surface area contributed by atoms with Crippen LogP contribution in [0.2, 0.25) is 0 Å². The fraction of sp³-hybridized carbons (Fsp3) is 0.119. The SMILES string of the molecule is CC1(C)c2cc(N(c3ccccc3)c3ccccc3)ccc2-c2sc3c(c21)C(C)(C)c1cc(N(c2ccccc2-c2ccccc2)c2cccc4c2Cc2ccccc2-4)ccc1-3. The van der Waals surface area contributed by atoms with Gasteiger partial charge in [-0.2, -0.15) is 0 Å². The van der Waals surface area contributed by atoms with Gasteiger partial charge in [0.05, 0.1) is 11.4 Å². The van der Waals surface area contributed by atoms with Crippen LogP contribution in [0.15, 0.2) is 194 Å². The molecule has 0 spiro atoms. The van der Waals surface area contributed by atoms with Gasteiger partial charge in [0.25, 0.3) is 0 Å². The molecule has 1 heterocycles. The number of anilines is 6. The van der Waals surface area contributed by atoms with Crippen LogP contribution in [0, 0.1) is 0 Å². The molecule has 3 aliphatic carbocycles. The van der Waals surface area contributed by atoms with Gasteiger partial charge in [0.15, 0.2) is 0 Å². The van der Waals surface area contributed by atoms with Gasteiger partial charge in [-0.1, -0.05) is 161 Å². The van der Waals surface area contributed by atoms with Crippen LogP contribution >= 0.6 is 11.3 Å². The van der Waals surface area contributed by atoms with Crippen LogP contribution in [0.3, 0.4) is 0 Å². The predicted octanol–water partition coefficient (Wildman–Crippen LogP) is 16.5. The van der Waals surface area contributed by atoms with E-state index in [2.05, 4.69) is 232 Å². The summed E-state index contributed by atoms with van der Waals surface area (Å²) in [5, 5.41) is 0. The monoisotopic (exact) mass is 814 g/mol. The number of hydrogen-bond acceptors (Lipinski definition) is 3. The molecular weight excluding hydrogens is 769 g/mol. The van der Waals surface area contributed by atoms with E-state index >= 15 is 0 Å². The molecule has 0 saturated heterocycles. The van der Waals surface area contributed by atoms with Gasteiger partial charge in [0.2, 0.25) is 0 Å². The highest BCUT2D eigenvalue weighted by Crippen LogP contribution is 2.64. The zero-order valence-corrected chi connectivity index (χ0v) is 36.3. The summed E-state index contributed by atoms with van der Waals surface area (Å²) in [6.07, 6.45) is 0.914. The zero-order chi connectivity index (χ0) is 41.7. The summed E-state index contributed by atoms with van der Waals surface area (Å²) in [6, 6.07) is 71.6. The normalized spacial score (nSPS) is 14.3. The Morgan fingerprint density at radius 1 is 0.387 bits per heavy atom. The van der Waals surface area contributed by atoms with Crippen LogP contribution < -0.4 is 9.80 Å². The maximum Gasteiger partial charge on any atom is 0.0540 e. The first-order valence-electron chi connectivity index (χ1n) is 21.8. The minimum atomic E-state index is -0.216. The average molecular weight is 815 g/mol. The van der Waals surface area contributed by atoms with E-state index in [1.165, 1.54) is 99.3 Å². The highest BCUT2D eigenvalue weighted by Gasteiger charge is 2.48. The molecule has 0 saturated carbocycles. The van der Waals surface area contributed by atoms with E-state index in [4.69, 9.17) is 0 Å². The van der Waals surface area contributed by atoms with Gasteiger partial charge in [-0.25, -0.2) is 0 Å². The Bertz CT molecular complexity index is 3170. The van der Waals surface area contributed by atoms with E-state index < -0.39 is 0 Å². The lowest BCUT2D eigenvalue weighted by atomic mass is 9.74. The highest BCUT2D eigenvalue weighted by atomic mass is 32.1. The Balaban J connectivity index is 0.992. The van der Waals surface area contributed by atoms with Gasteiger partial charge in [-0.3, -0.25) is 0 Å². The summed E-state index contributed by atoms with van der Waals surface area (Å²) < 4.78 is 0. The van der Waals surface area contributed by atoms with Crippen molar-refractivity contribution in [3.63, 3.8) is 0 Å². The molecule has 3 heteroatoms. The predicted molar refractivity (Wildman–Crippen MR) is 262 cm³/mol. The van der Waals surface area contributed by atoms with Gasteiger partial charge in [0.1, 0.15) is 0 Å². The third-order valence-electron chi connectivity index (χ3n) is 13.8. The molecule has 0 fully saturated rings. The number of fused-ring (bicyclic) bond motifs is 10. The second kappa shape index (κ2) is 13.8. The third kappa shape index (κ3) is 5.41. The number of para-hydroxylation sites is 3. The van der Waals surface area contributed by atoms with Gasteiger partial charge in [0, 0.05) is 55.3 Å². The molecule has 0 unspecified atom stereocenters. The Hall–Kier alpha value is -6.94. The van der Waals surface area contributed by atoms with Crippen molar-refractivity contribution < 1.29 is 0 Å². The van der Waals surface area contributed by atoms with Gasteiger partial charge in [-0.05, 0) is 122 Å². The summed E-state index contributed by atoms with van der Waals surface area (Å²) in [7, 11) is 0. The first-order chi connectivity index (χ1) is 30.3. The minimum Gasteiger partial charge on any atom is -0.310 e. The smallest absolute Gasteiger partial charge is 0.0540 e. The van der Waals surface area contributed by atoms with Crippen LogP contribution in [-0.2, 0) is 17.3 Å². The van der Waals surface area contributed by atoms with E-state index in [1.807, 2.05) is 11.3 Å². The van der Waals surface area contributed by atoms with Crippen molar-refractivity contribution in [3.05, 3.63) is 228 Å². The second-order valence-electron chi connectivity index (χ2n) is 18.1. The van der Waals surface area contributed by atoms with Gasteiger partial charge < -0.3 is 9.80 Å². The van der Waals surface area contributed by atoms with E-state index in [9.17, 15) is 0 Å². The molecule has 0 aliphatic heterocycles. The van der Waals surface area contributed by atoms with E-state index in [0.29, 0.717) is 0 Å². The number of hydrogen-bond donors (Lipinski definition) is 0. The molecule has 0 amide bonds. The molecule has 2 nitrogen and oxygen atoms in total. The Kier molecular flexibility index (Phi) is 8.20.